The predicted octanol–water partition coefficient (Wildman–Crippen LogP) is 6.20. The molecule has 1 atom stereocenters. The number of amides is 2. The molecular formula is C27H34N4O2. The van der Waals surface area contributed by atoms with Gasteiger partial charge in [-0.2, -0.15) is 0 Å². The van der Waals surface area contributed by atoms with Gasteiger partial charge >= 0.3 is 6.03 Å². The van der Waals surface area contributed by atoms with Crippen molar-refractivity contribution in [3.63, 3.8) is 0 Å². The summed E-state index contributed by atoms with van der Waals surface area (Å²) in [5.41, 5.74) is 4.71. The lowest BCUT2D eigenvalue weighted by atomic mass is 9.89. The quantitative estimate of drug-likeness (QED) is 0.368. The second kappa shape index (κ2) is 12.6. The lowest BCUT2D eigenvalue weighted by Crippen LogP contribution is -2.28. The fourth-order valence-electron chi connectivity index (χ4n) is 4.03. The highest BCUT2D eigenvalue weighted by molar-refractivity contribution is 5.91. The van der Waals surface area contributed by atoms with E-state index in [9.17, 15) is 4.79 Å². The molecule has 0 saturated carbocycles. The van der Waals surface area contributed by atoms with Gasteiger partial charge in [-0.05, 0) is 56.2 Å². The van der Waals surface area contributed by atoms with E-state index >= 15 is 0 Å². The predicted molar refractivity (Wildman–Crippen MR) is 134 cm³/mol. The number of aromatic nitrogens is 2. The lowest BCUT2D eigenvalue weighted by Gasteiger charge is -2.16. The van der Waals surface area contributed by atoms with Gasteiger partial charge in [-0.3, -0.25) is 4.98 Å². The zero-order chi connectivity index (χ0) is 23.5. The van der Waals surface area contributed by atoms with Gasteiger partial charge in [0.2, 0.25) is 0 Å². The van der Waals surface area contributed by atoms with Gasteiger partial charge in [-0.15, -0.1) is 0 Å². The van der Waals surface area contributed by atoms with Crippen LogP contribution in [-0.4, -0.2) is 29.7 Å². The first-order chi connectivity index (χ1) is 16.1. The minimum atomic E-state index is -0.262. The summed E-state index contributed by atoms with van der Waals surface area (Å²) in [6, 6.07) is 16.2. The number of carbonyl (C=O) groups is 1. The third kappa shape index (κ3) is 7.04. The van der Waals surface area contributed by atoms with Gasteiger partial charge in [0, 0.05) is 18.3 Å². The molecule has 0 saturated heterocycles. The Kier molecular flexibility index (Phi) is 9.24. The molecule has 0 radical (unpaired) electrons. The van der Waals surface area contributed by atoms with Crippen LogP contribution in [-0.2, 0) is 6.42 Å². The molecule has 1 aromatic heterocycles. The van der Waals surface area contributed by atoms with Crippen LogP contribution in [0.25, 0.3) is 11.3 Å². The fraction of sp³-hybridized carbons (Fsp3) is 0.370. The van der Waals surface area contributed by atoms with Crippen molar-refractivity contribution in [1.82, 2.24) is 15.3 Å². The van der Waals surface area contributed by atoms with Gasteiger partial charge in [-0.25, -0.2) is 9.78 Å². The molecule has 6 nitrogen and oxygen atoms in total. The van der Waals surface area contributed by atoms with Gasteiger partial charge in [0.15, 0.2) is 0 Å². The first-order valence-electron chi connectivity index (χ1n) is 11.7. The summed E-state index contributed by atoms with van der Waals surface area (Å²) in [7, 11) is 1.59. The highest BCUT2D eigenvalue weighted by Gasteiger charge is 2.12. The van der Waals surface area contributed by atoms with Crippen molar-refractivity contribution in [3.8, 4) is 17.0 Å². The van der Waals surface area contributed by atoms with Crippen molar-refractivity contribution >= 4 is 11.7 Å². The number of hydrogen-bond acceptors (Lipinski definition) is 4. The first kappa shape index (κ1) is 24.2. The monoisotopic (exact) mass is 446 g/mol. The highest BCUT2D eigenvalue weighted by atomic mass is 16.5. The van der Waals surface area contributed by atoms with Crippen molar-refractivity contribution < 1.29 is 9.53 Å². The van der Waals surface area contributed by atoms with Gasteiger partial charge in [0.1, 0.15) is 5.75 Å². The Morgan fingerprint density at radius 2 is 1.88 bits per heavy atom. The van der Waals surface area contributed by atoms with Gasteiger partial charge < -0.3 is 15.4 Å². The molecule has 2 amide bonds. The van der Waals surface area contributed by atoms with Gasteiger partial charge in [0.25, 0.3) is 0 Å². The number of hydrogen-bond donors (Lipinski definition) is 2. The molecule has 6 heteroatoms. The largest absolute Gasteiger partial charge is 0.495 e. The zero-order valence-electron chi connectivity index (χ0n) is 19.8. The minimum absolute atomic E-state index is 0.262. The number of carbonyl (C=O) groups excluding carboxylic acids is 1. The van der Waals surface area contributed by atoms with E-state index in [1.54, 1.807) is 13.3 Å². The smallest absolute Gasteiger partial charge is 0.319 e. The maximum atomic E-state index is 11.9. The molecule has 0 bridgehead atoms. The number of urea groups is 1. The molecule has 0 aliphatic carbocycles. The van der Waals surface area contributed by atoms with Crippen LogP contribution in [0.5, 0.6) is 5.75 Å². The maximum absolute atomic E-state index is 11.9. The van der Waals surface area contributed by atoms with Crippen LogP contribution in [0, 0.1) is 0 Å². The second-order valence-corrected chi connectivity index (χ2v) is 8.08. The molecule has 2 N–H and O–H groups in total. The van der Waals surface area contributed by atoms with E-state index < -0.39 is 0 Å². The number of benzene rings is 2. The first-order valence-corrected chi connectivity index (χ1v) is 11.7. The van der Waals surface area contributed by atoms with Gasteiger partial charge in [-0.1, -0.05) is 49.7 Å². The second-order valence-electron chi connectivity index (χ2n) is 8.08. The number of anilines is 1. The molecule has 3 rings (SSSR count). The molecule has 0 aliphatic heterocycles. The average molecular weight is 447 g/mol. The third-order valence-corrected chi connectivity index (χ3v) is 5.66. The van der Waals surface area contributed by atoms with E-state index in [-0.39, 0.29) is 6.03 Å². The Hall–Kier alpha value is -3.41. The van der Waals surface area contributed by atoms with E-state index in [0.29, 0.717) is 23.9 Å². The molecule has 3 aromatic rings. The normalized spacial score (nSPS) is 11.6. The molecule has 0 fully saturated rings. The topological polar surface area (TPSA) is 76.1 Å². The average Bonchev–Trinajstić information content (AvgIpc) is 2.84. The SMILES string of the molecule is CCC[C@H](CCCc1cncc(-c2ccc(NC(=O)NCC)c(OC)c2)n1)c1ccccc1. The molecule has 174 valence electrons. The number of methoxy groups -OCH3 is 1. The van der Waals surface area contributed by atoms with E-state index in [4.69, 9.17) is 9.72 Å². The lowest BCUT2D eigenvalue weighted by molar-refractivity contribution is 0.252. The Balaban J connectivity index is 1.67. The van der Waals surface area contributed by atoms with Crippen molar-refractivity contribution in [3.05, 3.63) is 72.2 Å². The van der Waals surface area contributed by atoms with Crippen LogP contribution < -0.4 is 15.4 Å². The van der Waals surface area contributed by atoms with Crippen LogP contribution in [0.1, 0.15) is 56.7 Å². The Bertz CT molecular complexity index is 1020. The summed E-state index contributed by atoms with van der Waals surface area (Å²) in [4.78, 5) is 21.1. The number of nitrogens with zero attached hydrogens (tertiary/aromatic N) is 2. The van der Waals surface area contributed by atoms with Crippen LogP contribution in [0.2, 0.25) is 0 Å². The maximum Gasteiger partial charge on any atom is 0.319 e. The van der Waals surface area contributed by atoms with E-state index in [1.807, 2.05) is 31.3 Å². The molecule has 0 spiro atoms. The fourth-order valence-corrected chi connectivity index (χ4v) is 4.03. The molecule has 33 heavy (non-hydrogen) atoms. The highest BCUT2D eigenvalue weighted by Crippen LogP contribution is 2.30. The number of aryl methyl sites for hydroxylation is 1. The van der Waals surface area contributed by atoms with Crippen LogP contribution in [0.3, 0.4) is 0 Å². The summed E-state index contributed by atoms with van der Waals surface area (Å²) in [5.74, 6) is 1.16. The Morgan fingerprint density at radius 1 is 1.06 bits per heavy atom. The molecule has 0 aliphatic rings. The Labute approximate surface area is 196 Å². The number of ether oxygens (including phenoxy) is 1. The van der Waals surface area contributed by atoms with Crippen molar-refractivity contribution in [2.45, 2.75) is 51.9 Å². The molecule has 0 unspecified atom stereocenters. The van der Waals surface area contributed by atoms with Crippen molar-refractivity contribution in [1.29, 1.82) is 0 Å². The standard InChI is InChI=1S/C27H34N4O2/c1-4-10-20(21-11-7-6-8-12-21)13-9-14-23-18-28-19-25(30-23)22-15-16-24(26(17-22)33-3)31-27(32)29-5-2/h6-8,11-12,15-20H,4-5,9-10,13-14H2,1-3H3,(H2,29,31,32)/t20-/m1/s1. The number of rotatable bonds is 11. The molecular weight excluding hydrogens is 412 g/mol. The van der Waals surface area contributed by atoms with Crippen molar-refractivity contribution in [2.24, 2.45) is 0 Å². The van der Waals surface area contributed by atoms with E-state index in [2.05, 4.69) is 52.9 Å². The summed E-state index contributed by atoms with van der Waals surface area (Å²) in [6.45, 7) is 4.67. The summed E-state index contributed by atoms with van der Waals surface area (Å²) in [6.07, 6.45) is 9.09. The third-order valence-electron chi connectivity index (χ3n) is 5.66. The Morgan fingerprint density at radius 3 is 2.61 bits per heavy atom. The summed E-state index contributed by atoms with van der Waals surface area (Å²) in [5, 5.41) is 5.52. The molecule has 2 aromatic carbocycles. The zero-order valence-corrected chi connectivity index (χ0v) is 19.8. The van der Waals surface area contributed by atoms with Crippen LogP contribution in [0.4, 0.5) is 10.5 Å². The number of nitrogens with one attached hydrogen (secondary N) is 2. The van der Waals surface area contributed by atoms with Crippen LogP contribution >= 0.6 is 0 Å². The van der Waals surface area contributed by atoms with Gasteiger partial charge in [0.05, 0.1) is 30.4 Å². The van der Waals surface area contributed by atoms with Crippen LogP contribution in [0.15, 0.2) is 60.9 Å². The molecule has 1 heterocycles. The summed E-state index contributed by atoms with van der Waals surface area (Å²) >= 11 is 0. The van der Waals surface area contributed by atoms with E-state index in [1.165, 1.54) is 18.4 Å². The van der Waals surface area contributed by atoms with Crippen molar-refractivity contribution in [2.75, 3.05) is 19.0 Å². The minimum Gasteiger partial charge on any atom is -0.495 e. The summed E-state index contributed by atoms with van der Waals surface area (Å²) < 4.78 is 5.48. The van der Waals surface area contributed by atoms with E-state index in [0.717, 1.165) is 36.2 Å².